The van der Waals surface area contributed by atoms with E-state index >= 15 is 0 Å². The summed E-state index contributed by atoms with van der Waals surface area (Å²) in [5, 5.41) is 18.0. The van der Waals surface area contributed by atoms with Gasteiger partial charge in [0.05, 0.1) is 5.56 Å². The predicted molar refractivity (Wildman–Crippen MR) is 118 cm³/mol. The second-order valence-electron chi connectivity index (χ2n) is 8.70. The zero-order valence-corrected chi connectivity index (χ0v) is 19.2. The first-order valence-electron chi connectivity index (χ1n) is 9.92. The Kier molecular flexibility index (Phi) is 4.99. The molecule has 6 heteroatoms. The van der Waals surface area contributed by atoms with Gasteiger partial charge in [0.15, 0.2) is 0 Å². The van der Waals surface area contributed by atoms with Gasteiger partial charge in [-0.1, -0.05) is 43.1 Å². The minimum absolute atomic E-state index is 0.0403. The summed E-state index contributed by atoms with van der Waals surface area (Å²) in [5.41, 5.74) is 3.82. The molecule has 1 aliphatic carbocycles. The van der Waals surface area contributed by atoms with E-state index in [0.717, 1.165) is 39.9 Å². The number of hydrogen-bond acceptors (Lipinski definition) is 4. The third-order valence-electron chi connectivity index (χ3n) is 6.67. The topological polar surface area (TPSA) is 61.4 Å². The highest BCUT2D eigenvalue weighted by Crippen LogP contribution is 2.47. The molecule has 2 aliphatic rings. The van der Waals surface area contributed by atoms with Gasteiger partial charge in [-0.3, -0.25) is 4.79 Å². The van der Waals surface area contributed by atoms with Crippen molar-refractivity contribution < 1.29 is 9.90 Å². The Morgan fingerprint density at radius 1 is 1.32 bits per heavy atom. The number of carbonyl (C=O) groups is 1. The fraction of sp³-hybridized carbons (Fsp3) is 0.500. The number of aryl methyl sites for hydroxylation is 1. The van der Waals surface area contributed by atoms with Crippen LogP contribution in [0.3, 0.4) is 0 Å². The normalized spacial score (nSPS) is 21.5. The lowest BCUT2D eigenvalue weighted by Crippen LogP contribution is -2.38. The molecule has 0 radical (unpaired) electrons. The Labute approximate surface area is 178 Å². The number of anilines is 1. The highest BCUT2D eigenvalue weighted by atomic mass is 79.9. The van der Waals surface area contributed by atoms with Gasteiger partial charge in [0.1, 0.15) is 16.9 Å². The Morgan fingerprint density at radius 2 is 2.07 bits per heavy atom. The van der Waals surface area contributed by atoms with Crippen molar-refractivity contribution in [2.45, 2.75) is 59.5 Å². The van der Waals surface area contributed by atoms with Crippen molar-refractivity contribution >= 4 is 38.2 Å². The van der Waals surface area contributed by atoms with Crippen molar-refractivity contribution in [3.05, 3.63) is 43.7 Å². The molecule has 4 rings (SSSR count). The number of thiophene rings is 1. The average molecular weight is 463 g/mol. The molecule has 1 amide bonds. The van der Waals surface area contributed by atoms with Crippen LogP contribution in [0.4, 0.5) is 5.00 Å². The van der Waals surface area contributed by atoms with E-state index in [1.54, 1.807) is 11.3 Å². The molecule has 0 saturated carbocycles. The molecular weight excluding hydrogens is 436 g/mol. The number of benzene rings is 1. The molecule has 3 N–H and O–H groups in total. The number of phenols is 1. The standard InChI is InChI=1S/C22H27BrN2O2S/c1-5-22(3,4)12-6-7-14-16(9-12)28-21-17(14)20(27)24-19(25-21)15-10-13(23)8-11(2)18(15)26/h8,10,12,19,25-26H,5-7,9H2,1-4H3,(H,24,27). The van der Waals surface area contributed by atoms with Crippen molar-refractivity contribution in [3.8, 4) is 5.75 Å². The molecule has 2 unspecified atom stereocenters. The number of rotatable bonds is 3. The third-order valence-corrected chi connectivity index (χ3v) is 8.31. The molecule has 150 valence electrons. The fourth-order valence-electron chi connectivity index (χ4n) is 4.39. The van der Waals surface area contributed by atoms with Crippen LogP contribution < -0.4 is 10.6 Å². The fourth-order valence-corrected chi connectivity index (χ4v) is 6.33. The lowest BCUT2D eigenvalue weighted by atomic mass is 9.69. The number of carbonyl (C=O) groups excluding carboxylic acids is 1. The quantitative estimate of drug-likeness (QED) is 0.530. The van der Waals surface area contributed by atoms with Gasteiger partial charge in [-0.2, -0.15) is 0 Å². The third kappa shape index (κ3) is 3.24. The molecule has 2 aromatic rings. The maximum absolute atomic E-state index is 13.0. The summed E-state index contributed by atoms with van der Waals surface area (Å²) in [6.45, 7) is 8.84. The number of nitrogens with one attached hydrogen (secondary N) is 2. The van der Waals surface area contributed by atoms with Crippen LogP contribution in [0.2, 0.25) is 0 Å². The number of hydrogen-bond donors (Lipinski definition) is 3. The maximum Gasteiger partial charge on any atom is 0.256 e. The first kappa shape index (κ1) is 19.8. The second kappa shape index (κ2) is 7.06. The lowest BCUT2D eigenvalue weighted by Gasteiger charge is -2.36. The van der Waals surface area contributed by atoms with Crippen LogP contribution >= 0.6 is 27.3 Å². The van der Waals surface area contributed by atoms with Crippen LogP contribution in [0.1, 0.15) is 71.7 Å². The van der Waals surface area contributed by atoms with Gasteiger partial charge in [-0.25, -0.2) is 0 Å². The Bertz CT molecular complexity index is 950. The zero-order chi connectivity index (χ0) is 20.2. The minimum Gasteiger partial charge on any atom is -0.507 e. The number of halogens is 1. The SMILES string of the molecule is CCC(C)(C)C1CCc2c(sc3c2C(=O)NC(c2cc(Br)cc(C)c2O)N3)C1. The number of amides is 1. The van der Waals surface area contributed by atoms with E-state index in [9.17, 15) is 9.90 Å². The summed E-state index contributed by atoms with van der Waals surface area (Å²) in [6.07, 6.45) is 3.89. The average Bonchev–Trinajstić information content (AvgIpc) is 3.02. The monoisotopic (exact) mass is 462 g/mol. The first-order valence-corrected chi connectivity index (χ1v) is 11.5. The summed E-state index contributed by atoms with van der Waals surface area (Å²) >= 11 is 5.21. The van der Waals surface area contributed by atoms with Gasteiger partial charge >= 0.3 is 0 Å². The summed E-state index contributed by atoms with van der Waals surface area (Å²) in [4.78, 5) is 14.3. The summed E-state index contributed by atoms with van der Waals surface area (Å²) in [6, 6.07) is 3.73. The van der Waals surface area contributed by atoms with E-state index in [0.29, 0.717) is 16.9 Å². The van der Waals surface area contributed by atoms with Crippen molar-refractivity contribution in [2.24, 2.45) is 11.3 Å². The van der Waals surface area contributed by atoms with E-state index in [-0.39, 0.29) is 11.7 Å². The minimum atomic E-state index is -0.431. The van der Waals surface area contributed by atoms with Crippen LogP contribution in [0.15, 0.2) is 16.6 Å². The Hall–Kier alpha value is -1.53. The number of phenolic OH excluding ortho intramolecular Hbond substituents is 1. The highest BCUT2D eigenvalue weighted by Gasteiger charge is 2.37. The van der Waals surface area contributed by atoms with Crippen LogP contribution in [0.25, 0.3) is 0 Å². The molecule has 0 fully saturated rings. The van der Waals surface area contributed by atoms with Gasteiger partial charge in [0.2, 0.25) is 0 Å². The number of fused-ring (bicyclic) bond motifs is 3. The smallest absolute Gasteiger partial charge is 0.256 e. The predicted octanol–water partition coefficient (Wildman–Crippen LogP) is 5.92. The molecule has 1 aromatic heterocycles. The van der Waals surface area contributed by atoms with Crippen molar-refractivity contribution in [3.63, 3.8) is 0 Å². The molecule has 2 heterocycles. The molecule has 0 saturated heterocycles. The van der Waals surface area contributed by atoms with Crippen LogP contribution in [0, 0.1) is 18.3 Å². The molecule has 1 aliphatic heterocycles. The second-order valence-corrected chi connectivity index (χ2v) is 10.7. The van der Waals surface area contributed by atoms with E-state index < -0.39 is 6.17 Å². The molecule has 0 bridgehead atoms. The van der Waals surface area contributed by atoms with Crippen molar-refractivity contribution in [1.29, 1.82) is 0 Å². The van der Waals surface area contributed by atoms with E-state index in [2.05, 4.69) is 47.3 Å². The van der Waals surface area contributed by atoms with Crippen LogP contribution in [-0.2, 0) is 12.8 Å². The number of aromatic hydroxyl groups is 1. The van der Waals surface area contributed by atoms with Crippen molar-refractivity contribution in [1.82, 2.24) is 5.32 Å². The Morgan fingerprint density at radius 3 is 2.79 bits per heavy atom. The summed E-state index contributed by atoms with van der Waals surface area (Å²) in [7, 11) is 0. The van der Waals surface area contributed by atoms with Crippen LogP contribution in [-0.4, -0.2) is 11.0 Å². The van der Waals surface area contributed by atoms with Gasteiger partial charge < -0.3 is 15.7 Å². The largest absolute Gasteiger partial charge is 0.507 e. The Balaban J connectivity index is 1.67. The van der Waals surface area contributed by atoms with E-state index in [4.69, 9.17) is 0 Å². The molecule has 4 nitrogen and oxygen atoms in total. The zero-order valence-electron chi connectivity index (χ0n) is 16.8. The van der Waals surface area contributed by atoms with Gasteiger partial charge in [0, 0.05) is 14.9 Å². The van der Waals surface area contributed by atoms with Gasteiger partial charge in [-0.15, -0.1) is 11.3 Å². The van der Waals surface area contributed by atoms with E-state index in [1.165, 1.54) is 16.9 Å². The molecule has 1 aromatic carbocycles. The molecule has 2 atom stereocenters. The summed E-state index contributed by atoms with van der Waals surface area (Å²) in [5.74, 6) is 0.831. The summed E-state index contributed by atoms with van der Waals surface area (Å²) < 4.78 is 0.884. The highest BCUT2D eigenvalue weighted by molar-refractivity contribution is 9.10. The van der Waals surface area contributed by atoms with Crippen LogP contribution in [0.5, 0.6) is 5.75 Å². The molecule has 0 spiro atoms. The molecule has 28 heavy (non-hydrogen) atoms. The van der Waals surface area contributed by atoms with Crippen molar-refractivity contribution in [2.75, 3.05) is 5.32 Å². The lowest BCUT2D eigenvalue weighted by molar-refractivity contribution is 0.0934. The maximum atomic E-state index is 13.0. The molecular formula is C22H27BrN2O2S. The van der Waals surface area contributed by atoms with Gasteiger partial charge in [-0.05, 0) is 60.8 Å². The first-order chi connectivity index (χ1) is 13.2. The van der Waals surface area contributed by atoms with Gasteiger partial charge in [0.25, 0.3) is 5.91 Å². The van der Waals surface area contributed by atoms with E-state index in [1.807, 2.05) is 19.1 Å².